The van der Waals surface area contributed by atoms with E-state index >= 15 is 0 Å². The Labute approximate surface area is 164 Å². The predicted molar refractivity (Wildman–Crippen MR) is 104 cm³/mol. The first-order valence-corrected chi connectivity index (χ1v) is 9.87. The van der Waals surface area contributed by atoms with E-state index in [1.807, 2.05) is 13.8 Å². The number of carbonyl (C=O) groups excluding carboxylic acids is 1. The standard InChI is InChI=1S/C20H19F2N3O2S/c1-10-11(2)28-19-17(10)20(27)25(9-23-19)7-6-16(26)24-15-8-12(15)18-13(21)4-3-5-14(18)22/h3-5,9,12,15H,6-8H2,1-2H3,(H,24,26). The molecule has 1 amide bonds. The Balaban J connectivity index is 1.40. The Morgan fingerprint density at radius 1 is 1.32 bits per heavy atom. The van der Waals surface area contributed by atoms with Crippen LogP contribution < -0.4 is 10.9 Å². The maximum absolute atomic E-state index is 13.8. The monoisotopic (exact) mass is 403 g/mol. The van der Waals surface area contributed by atoms with E-state index in [9.17, 15) is 18.4 Å². The molecule has 2 unspecified atom stereocenters. The van der Waals surface area contributed by atoms with Crippen molar-refractivity contribution in [2.24, 2.45) is 0 Å². The molecular weight excluding hydrogens is 384 g/mol. The van der Waals surface area contributed by atoms with Crippen LogP contribution in [0.5, 0.6) is 0 Å². The Morgan fingerprint density at radius 2 is 2.04 bits per heavy atom. The van der Waals surface area contributed by atoms with Crippen LogP contribution in [-0.4, -0.2) is 21.5 Å². The van der Waals surface area contributed by atoms with E-state index in [-0.39, 0.29) is 42.0 Å². The Bertz CT molecular complexity index is 1120. The van der Waals surface area contributed by atoms with Gasteiger partial charge < -0.3 is 5.32 Å². The van der Waals surface area contributed by atoms with Gasteiger partial charge in [0.05, 0.1) is 11.7 Å². The lowest BCUT2D eigenvalue weighted by molar-refractivity contribution is -0.121. The van der Waals surface area contributed by atoms with Crippen molar-refractivity contribution in [3.63, 3.8) is 0 Å². The molecule has 1 N–H and O–H groups in total. The molecule has 0 saturated heterocycles. The minimum absolute atomic E-state index is 0.0296. The van der Waals surface area contributed by atoms with Crippen molar-refractivity contribution in [1.82, 2.24) is 14.9 Å². The number of hydrogen-bond acceptors (Lipinski definition) is 4. The number of carbonyl (C=O) groups is 1. The first kappa shape index (κ1) is 18.7. The van der Waals surface area contributed by atoms with Crippen molar-refractivity contribution in [2.75, 3.05) is 0 Å². The average molecular weight is 403 g/mol. The molecule has 3 aromatic rings. The molecule has 5 nitrogen and oxygen atoms in total. The van der Waals surface area contributed by atoms with E-state index < -0.39 is 11.6 Å². The molecule has 2 atom stereocenters. The lowest BCUT2D eigenvalue weighted by atomic mass is 10.1. The topological polar surface area (TPSA) is 64.0 Å². The van der Waals surface area contributed by atoms with Gasteiger partial charge in [-0.1, -0.05) is 6.07 Å². The number of aromatic nitrogens is 2. The highest BCUT2D eigenvalue weighted by atomic mass is 32.1. The van der Waals surface area contributed by atoms with Gasteiger partial charge in [0.15, 0.2) is 0 Å². The molecule has 0 spiro atoms. The number of halogens is 2. The highest BCUT2D eigenvalue weighted by molar-refractivity contribution is 7.18. The third-order valence-electron chi connectivity index (χ3n) is 5.24. The second-order valence-corrected chi connectivity index (χ2v) is 8.31. The summed E-state index contributed by atoms with van der Waals surface area (Å²) in [4.78, 5) is 30.9. The van der Waals surface area contributed by atoms with E-state index in [1.165, 1.54) is 40.4 Å². The zero-order chi connectivity index (χ0) is 20.0. The fraction of sp³-hybridized carbons (Fsp3) is 0.350. The minimum atomic E-state index is -0.589. The van der Waals surface area contributed by atoms with E-state index in [4.69, 9.17) is 0 Å². The molecule has 1 fully saturated rings. The van der Waals surface area contributed by atoms with Crippen molar-refractivity contribution in [3.05, 3.63) is 62.5 Å². The molecule has 2 heterocycles. The van der Waals surface area contributed by atoms with Gasteiger partial charge in [-0.15, -0.1) is 11.3 Å². The van der Waals surface area contributed by atoms with Crippen molar-refractivity contribution < 1.29 is 13.6 Å². The summed E-state index contributed by atoms with van der Waals surface area (Å²) in [6.45, 7) is 4.04. The van der Waals surface area contributed by atoms with Crippen molar-refractivity contribution in [2.45, 2.75) is 45.2 Å². The molecule has 8 heteroatoms. The fourth-order valence-corrected chi connectivity index (χ4v) is 4.46. The van der Waals surface area contributed by atoms with Gasteiger partial charge in [0.2, 0.25) is 5.91 Å². The summed E-state index contributed by atoms with van der Waals surface area (Å²) < 4.78 is 29.1. The molecule has 1 aliphatic carbocycles. The summed E-state index contributed by atoms with van der Waals surface area (Å²) in [5.41, 5.74) is 0.795. The van der Waals surface area contributed by atoms with Crippen LogP contribution >= 0.6 is 11.3 Å². The molecule has 146 valence electrons. The summed E-state index contributed by atoms with van der Waals surface area (Å²) >= 11 is 1.48. The molecule has 4 rings (SSSR count). The summed E-state index contributed by atoms with van der Waals surface area (Å²) in [6, 6.07) is 3.49. The van der Waals surface area contributed by atoms with Gasteiger partial charge in [0.1, 0.15) is 16.5 Å². The van der Waals surface area contributed by atoms with E-state index in [1.54, 1.807) is 0 Å². The molecule has 1 saturated carbocycles. The zero-order valence-corrected chi connectivity index (χ0v) is 16.3. The normalized spacial score (nSPS) is 18.4. The number of aryl methyl sites for hydroxylation is 3. The van der Waals surface area contributed by atoms with Crippen LogP contribution in [0.1, 0.15) is 34.8 Å². The SMILES string of the molecule is Cc1sc2ncn(CCC(=O)NC3CC3c3c(F)cccc3F)c(=O)c2c1C. The molecule has 2 aromatic heterocycles. The second kappa shape index (κ2) is 7.09. The van der Waals surface area contributed by atoms with Gasteiger partial charge in [-0.3, -0.25) is 14.2 Å². The molecule has 1 aliphatic rings. The van der Waals surface area contributed by atoms with Crippen LogP contribution in [0.15, 0.2) is 29.3 Å². The fourth-order valence-electron chi connectivity index (χ4n) is 3.47. The maximum Gasteiger partial charge on any atom is 0.262 e. The van der Waals surface area contributed by atoms with Crippen LogP contribution in [0.3, 0.4) is 0 Å². The van der Waals surface area contributed by atoms with Gasteiger partial charge in [-0.25, -0.2) is 13.8 Å². The van der Waals surface area contributed by atoms with Crippen LogP contribution in [0.25, 0.3) is 10.2 Å². The second-order valence-electron chi connectivity index (χ2n) is 7.11. The first-order valence-electron chi connectivity index (χ1n) is 9.05. The Morgan fingerprint density at radius 3 is 2.75 bits per heavy atom. The lowest BCUT2D eigenvalue weighted by Crippen LogP contribution is -2.29. The Hall–Kier alpha value is -2.61. The summed E-state index contributed by atoms with van der Waals surface area (Å²) in [7, 11) is 0. The minimum Gasteiger partial charge on any atom is -0.353 e. The van der Waals surface area contributed by atoms with Crippen LogP contribution in [0.4, 0.5) is 8.78 Å². The first-order chi connectivity index (χ1) is 13.4. The zero-order valence-electron chi connectivity index (χ0n) is 15.5. The van der Waals surface area contributed by atoms with E-state index in [0.29, 0.717) is 16.6 Å². The van der Waals surface area contributed by atoms with Crippen molar-refractivity contribution in [3.8, 4) is 0 Å². The molecule has 0 radical (unpaired) electrons. The Kier molecular flexibility index (Phi) is 4.74. The van der Waals surface area contributed by atoms with E-state index in [2.05, 4.69) is 10.3 Å². The third-order valence-corrected chi connectivity index (χ3v) is 6.36. The highest BCUT2D eigenvalue weighted by Crippen LogP contribution is 2.43. The van der Waals surface area contributed by atoms with Crippen molar-refractivity contribution >= 4 is 27.5 Å². The summed E-state index contributed by atoms with van der Waals surface area (Å²) in [5.74, 6) is -1.78. The number of thiophene rings is 1. The summed E-state index contributed by atoms with van der Waals surface area (Å²) in [6.07, 6.45) is 2.06. The van der Waals surface area contributed by atoms with Gasteiger partial charge in [0, 0.05) is 35.4 Å². The third kappa shape index (κ3) is 3.32. The van der Waals surface area contributed by atoms with E-state index in [0.717, 1.165) is 10.4 Å². The number of amides is 1. The highest BCUT2D eigenvalue weighted by Gasteiger charge is 2.42. The number of fused-ring (bicyclic) bond motifs is 1. The molecule has 1 aromatic carbocycles. The smallest absolute Gasteiger partial charge is 0.262 e. The van der Waals surface area contributed by atoms with Gasteiger partial charge in [0.25, 0.3) is 5.56 Å². The predicted octanol–water partition coefficient (Wildman–Crippen LogP) is 3.42. The number of nitrogens with zero attached hydrogens (tertiary/aromatic N) is 2. The lowest BCUT2D eigenvalue weighted by Gasteiger charge is -2.08. The van der Waals surface area contributed by atoms with Gasteiger partial charge in [-0.2, -0.15) is 0 Å². The van der Waals surface area contributed by atoms with Crippen LogP contribution in [0, 0.1) is 25.5 Å². The molecule has 0 bridgehead atoms. The average Bonchev–Trinajstić information content (AvgIpc) is 3.31. The number of benzene rings is 1. The maximum atomic E-state index is 13.8. The molecule has 28 heavy (non-hydrogen) atoms. The van der Waals surface area contributed by atoms with Crippen LogP contribution in [-0.2, 0) is 11.3 Å². The number of rotatable bonds is 5. The number of hydrogen-bond donors (Lipinski definition) is 1. The van der Waals surface area contributed by atoms with Gasteiger partial charge in [-0.05, 0) is 38.0 Å². The molecule has 0 aliphatic heterocycles. The van der Waals surface area contributed by atoms with Gasteiger partial charge >= 0.3 is 0 Å². The molecular formula is C20H19F2N3O2S. The number of nitrogens with one attached hydrogen (secondary N) is 1. The largest absolute Gasteiger partial charge is 0.353 e. The summed E-state index contributed by atoms with van der Waals surface area (Å²) in [5, 5.41) is 3.39. The van der Waals surface area contributed by atoms with Crippen molar-refractivity contribution in [1.29, 1.82) is 0 Å². The quantitative estimate of drug-likeness (QED) is 0.710. The van der Waals surface area contributed by atoms with Crippen LogP contribution in [0.2, 0.25) is 0 Å².